The molecule has 0 aliphatic rings. The third kappa shape index (κ3) is 3.43. The smallest absolute Gasteiger partial charge is 0.336 e. The van der Waals surface area contributed by atoms with Crippen LogP contribution in [-0.2, 0) is 12.8 Å². The Morgan fingerprint density at radius 2 is 2.00 bits per heavy atom. The van der Waals surface area contributed by atoms with Gasteiger partial charge in [-0.1, -0.05) is 35.5 Å². The molecular formula is C19H14ClN3O3S. The van der Waals surface area contributed by atoms with Crippen molar-refractivity contribution in [1.82, 2.24) is 14.8 Å². The van der Waals surface area contributed by atoms with Crippen LogP contribution in [0.1, 0.15) is 5.56 Å². The van der Waals surface area contributed by atoms with Gasteiger partial charge in [0.2, 0.25) is 0 Å². The van der Waals surface area contributed by atoms with E-state index in [4.69, 9.17) is 16.0 Å². The van der Waals surface area contributed by atoms with Crippen LogP contribution in [0.3, 0.4) is 0 Å². The molecule has 0 fully saturated rings. The van der Waals surface area contributed by atoms with Gasteiger partial charge < -0.3 is 14.1 Å². The Kier molecular flexibility index (Phi) is 4.63. The van der Waals surface area contributed by atoms with Crippen LogP contribution in [0.25, 0.3) is 22.4 Å². The van der Waals surface area contributed by atoms with E-state index in [1.807, 2.05) is 35.9 Å². The van der Waals surface area contributed by atoms with Crippen LogP contribution in [0.4, 0.5) is 0 Å². The van der Waals surface area contributed by atoms with Crippen molar-refractivity contribution in [3.8, 4) is 17.1 Å². The number of rotatable bonds is 4. The summed E-state index contributed by atoms with van der Waals surface area (Å²) >= 11 is 7.71. The molecule has 27 heavy (non-hydrogen) atoms. The second-order valence-corrected chi connectivity index (χ2v) is 7.25. The molecular weight excluding hydrogens is 386 g/mol. The number of aromatic hydroxyl groups is 1. The van der Waals surface area contributed by atoms with Gasteiger partial charge in [0.1, 0.15) is 11.3 Å². The minimum Gasteiger partial charge on any atom is -0.508 e. The van der Waals surface area contributed by atoms with Crippen LogP contribution in [0.5, 0.6) is 5.75 Å². The number of hydrogen-bond donors (Lipinski definition) is 1. The zero-order chi connectivity index (χ0) is 19.0. The van der Waals surface area contributed by atoms with E-state index < -0.39 is 5.63 Å². The van der Waals surface area contributed by atoms with Crippen LogP contribution in [-0.4, -0.2) is 19.9 Å². The first-order chi connectivity index (χ1) is 13.0. The van der Waals surface area contributed by atoms with E-state index in [9.17, 15) is 9.90 Å². The number of nitrogens with zero attached hydrogens (tertiary/aromatic N) is 3. The Morgan fingerprint density at radius 3 is 2.81 bits per heavy atom. The number of phenolic OH excluding ortho intramolecular Hbond substituents is 1. The highest BCUT2D eigenvalue weighted by Gasteiger charge is 2.15. The number of fused-ring (bicyclic) bond motifs is 1. The number of hydrogen-bond acceptors (Lipinski definition) is 6. The molecule has 2 aromatic heterocycles. The van der Waals surface area contributed by atoms with Gasteiger partial charge in [-0.15, -0.1) is 10.2 Å². The molecule has 0 unspecified atom stereocenters. The van der Waals surface area contributed by atoms with Crippen LogP contribution < -0.4 is 5.63 Å². The highest BCUT2D eigenvalue weighted by atomic mass is 35.5. The molecule has 2 heterocycles. The van der Waals surface area contributed by atoms with Gasteiger partial charge in [0, 0.05) is 35.9 Å². The molecule has 4 rings (SSSR count). The van der Waals surface area contributed by atoms with E-state index in [2.05, 4.69) is 10.2 Å². The average molecular weight is 400 g/mol. The topological polar surface area (TPSA) is 81.2 Å². The molecule has 136 valence electrons. The maximum Gasteiger partial charge on any atom is 0.336 e. The predicted molar refractivity (Wildman–Crippen MR) is 105 cm³/mol. The summed E-state index contributed by atoms with van der Waals surface area (Å²) in [4.78, 5) is 11.8. The first kappa shape index (κ1) is 17.6. The average Bonchev–Trinajstić information content (AvgIpc) is 3.00. The van der Waals surface area contributed by atoms with E-state index in [1.54, 1.807) is 12.1 Å². The quantitative estimate of drug-likeness (QED) is 0.408. The molecule has 1 N–H and O–H groups in total. The monoisotopic (exact) mass is 399 g/mol. The number of benzene rings is 2. The van der Waals surface area contributed by atoms with Gasteiger partial charge in [0.05, 0.1) is 5.02 Å². The summed E-state index contributed by atoms with van der Waals surface area (Å²) in [5, 5.41) is 20.2. The van der Waals surface area contributed by atoms with Crippen molar-refractivity contribution in [2.24, 2.45) is 7.05 Å². The number of halogens is 1. The molecule has 0 bridgehead atoms. The summed E-state index contributed by atoms with van der Waals surface area (Å²) in [6.07, 6.45) is 0. The lowest BCUT2D eigenvalue weighted by Gasteiger charge is -2.07. The predicted octanol–water partition coefficient (Wildman–Crippen LogP) is 4.24. The van der Waals surface area contributed by atoms with Gasteiger partial charge in [-0.05, 0) is 29.8 Å². The Bertz CT molecular complexity index is 1200. The number of phenols is 1. The Morgan fingerprint density at radius 1 is 1.19 bits per heavy atom. The first-order valence-electron chi connectivity index (χ1n) is 8.06. The van der Waals surface area contributed by atoms with Crippen molar-refractivity contribution < 1.29 is 9.52 Å². The maximum atomic E-state index is 11.8. The normalized spacial score (nSPS) is 11.2. The molecule has 8 heteroatoms. The molecule has 0 radical (unpaired) electrons. The lowest BCUT2D eigenvalue weighted by atomic mass is 10.1. The second kappa shape index (κ2) is 7.09. The molecule has 0 amide bonds. The molecule has 4 aromatic rings. The molecule has 0 aliphatic carbocycles. The molecule has 0 atom stereocenters. The van der Waals surface area contributed by atoms with Crippen molar-refractivity contribution in [1.29, 1.82) is 0 Å². The van der Waals surface area contributed by atoms with E-state index in [-0.39, 0.29) is 5.75 Å². The minimum absolute atomic E-state index is 0.0492. The van der Waals surface area contributed by atoms with Gasteiger partial charge in [0.25, 0.3) is 0 Å². The van der Waals surface area contributed by atoms with Gasteiger partial charge in [-0.25, -0.2) is 4.79 Å². The van der Waals surface area contributed by atoms with Crippen LogP contribution >= 0.6 is 23.4 Å². The molecule has 2 aromatic carbocycles. The Balaban J connectivity index is 1.65. The standard InChI is InChI=1S/C19H14ClN3O3S/c1-23-18(14-4-2-3-5-15(14)20)21-22-19(23)27-10-11-8-17(25)26-16-9-12(24)6-7-13(11)16/h2-9,24H,10H2,1H3. The summed E-state index contributed by atoms with van der Waals surface area (Å²) < 4.78 is 7.03. The fraction of sp³-hybridized carbons (Fsp3) is 0.105. The fourth-order valence-corrected chi connectivity index (χ4v) is 3.92. The highest BCUT2D eigenvalue weighted by Crippen LogP contribution is 2.31. The molecule has 0 saturated heterocycles. The van der Waals surface area contributed by atoms with E-state index in [0.29, 0.717) is 27.3 Å². The largest absolute Gasteiger partial charge is 0.508 e. The van der Waals surface area contributed by atoms with Gasteiger partial charge in [0.15, 0.2) is 11.0 Å². The lowest BCUT2D eigenvalue weighted by Crippen LogP contribution is -2.00. The summed E-state index contributed by atoms with van der Waals surface area (Å²) in [5.74, 6) is 1.22. The van der Waals surface area contributed by atoms with E-state index >= 15 is 0 Å². The van der Waals surface area contributed by atoms with Gasteiger partial charge in [-0.2, -0.15) is 0 Å². The summed E-state index contributed by atoms with van der Waals surface area (Å²) in [6, 6.07) is 13.6. The van der Waals surface area contributed by atoms with Gasteiger partial charge >= 0.3 is 5.63 Å². The summed E-state index contributed by atoms with van der Waals surface area (Å²) in [6.45, 7) is 0. The van der Waals surface area contributed by atoms with Crippen molar-refractivity contribution in [3.05, 3.63) is 69.5 Å². The lowest BCUT2D eigenvalue weighted by molar-refractivity contribution is 0.473. The van der Waals surface area contributed by atoms with Gasteiger partial charge in [-0.3, -0.25) is 0 Å². The Hall–Kier alpha value is -2.77. The van der Waals surface area contributed by atoms with Crippen molar-refractivity contribution in [3.63, 3.8) is 0 Å². The first-order valence-corrected chi connectivity index (χ1v) is 9.42. The van der Waals surface area contributed by atoms with Crippen LogP contribution in [0, 0.1) is 0 Å². The third-order valence-electron chi connectivity index (χ3n) is 4.12. The van der Waals surface area contributed by atoms with Crippen molar-refractivity contribution >= 4 is 34.3 Å². The van der Waals surface area contributed by atoms with E-state index in [0.717, 1.165) is 16.5 Å². The minimum atomic E-state index is -0.460. The molecule has 6 nitrogen and oxygen atoms in total. The number of aromatic nitrogens is 3. The molecule has 0 aliphatic heterocycles. The van der Waals surface area contributed by atoms with E-state index in [1.165, 1.54) is 23.9 Å². The zero-order valence-corrected chi connectivity index (χ0v) is 15.8. The molecule has 0 saturated carbocycles. The number of thioether (sulfide) groups is 1. The SMILES string of the molecule is Cn1c(SCc2cc(=O)oc3cc(O)ccc23)nnc1-c1ccccc1Cl. The fourth-order valence-electron chi connectivity index (χ4n) is 2.80. The zero-order valence-electron chi connectivity index (χ0n) is 14.2. The highest BCUT2D eigenvalue weighted by molar-refractivity contribution is 7.98. The summed E-state index contributed by atoms with van der Waals surface area (Å²) in [7, 11) is 1.87. The van der Waals surface area contributed by atoms with Crippen molar-refractivity contribution in [2.45, 2.75) is 10.9 Å². The van der Waals surface area contributed by atoms with Crippen molar-refractivity contribution in [2.75, 3.05) is 0 Å². The summed E-state index contributed by atoms with van der Waals surface area (Å²) in [5.41, 5.74) is 1.50. The second-order valence-electron chi connectivity index (χ2n) is 5.90. The Labute approximate surface area is 163 Å². The van der Waals surface area contributed by atoms with Crippen LogP contribution in [0.2, 0.25) is 5.02 Å². The van der Waals surface area contributed by atoms with Crippen LogP contribution in [0.15, 0.2) is 62.9 Å². The third-order valence-corrected chi connectivity index (χ3v) is 5.52. The maximum absolute atomic E-state index is 11.8. The molecule has 0 spiro atoms.